The van der Waals surface area contributed by atoms with Gasteiger partial charge in [-0.05, 0) is 39.5 Å². The van der Waals surface area contributed by atoms with Crippen molar-refractivity contribution >= 4 is 3.21 Å². The summed E-state index contributed by atoms with van der Waals surface area (Å²) in [4.78, 5) is 0. The predicted octanol–water partition coefficient (Wildman–Crippen LogP) is 8.05. The maximum atomic E-state index is 3.88. The van der Waals surface area contributed by atoms with E-state index in [0.717, 1.165) is 6.42 Å². The molecule has 0 saturated heterocycles. The molecule has 0 radical (unpaired) electrons. The van der Waals surface area contributed by atoms with Gasteiger partial charge in [0.05, 0.1) is 0 Å². The van der Waals surface area contributed by atoms with E-state index in [9.17, 15) is 0 Å². The van der Waals surface area contributed by atoms with E-state index in [1.807, 2.05) is 0 Å². The van der Waals surface area contributed by atoms with Gasteiger partial charge < -0.3 is 24.8 Å². The smallest absolute Gasteiger partial charge is 1.00 e. The van der Waals surface area contributed by atoms with Crippen LogP contribution >= 0.6 is 0 Å². The number of allylic oxidation sites excluding steroid dienone is 4. The fraction of sp³-hybridized carbons (Fsp3) is 0.327. The van der Waals surface area contributed by atoms with Crippen molar-refractivity contribution in [2.24, 2.45) is 11.3 Å². The molecule has 0 amide bonds. The molecule has 0 nitrogen and oxygen atoms in total. The Kier molecular flexibility index (Phi) is 15.9. The number of benzene rings is 5. The first-order valence-electron chi connectivity index (χ1n) is 19.1. The van der Waals surface area contributed by atoms with E-state index >= 15 is 0 Å². The number of fused-ring (bicyclic) bond motifs is 3. The standard InChI is InChI=1S/C33H33.C10H15.C9H10.2ClH.Zr/c1-32(2,3)30-20-26-24(18-28(30)22-13-9-7-10-14-22)17-25-19-29(23-15-11-8-12-16-23)31(21-27(25)26)33(4,5)6;1-8-5-6-9(7-8)10(2,3)4;1-3-9-6-4-8(2)5-7-9;;;/h7-16,18,20-21H,17H2,1-6H3;6-8H,1-4H3;4-7H,1-2H3;2*1H;/q2*-1;;;;+2/p-2. The van der Waals surface area contributed by atoms with Gasteiger partial charge in [-0.3, -0.25) is 6.08 Å². The van der Waals surface area contributed by atoms with E-state index in [-0.39, 0.29) is 35.6 Å². The first-order chi connectivity index (χ1) is 24.8. The molecule has 0 spiro atoms. The van der Waals surface area contributed by atoms with Crippen LogP contribution in [0.2, 0.25) is 0 Å². The molecule has 55 heavy (non-hydrogen) atoms. The Bertz CT molecular complexity index is 2010. The summed E-state index contributed by atoms with van der Waals surface area (Å²) in [5.74, 6) is 0.522. The van der Waals surface area contributed by atoms with Gasteiger partial charge in [-0.25, -0.2) is 6.08 Å². The number of rotatable bonds is 3. The summed E-state index contributed by atoms with van der Waals surface area (Å²) in [5.41, 5.74) is 17.9. The monoisotopic (exact) mass is 842 g/mol. The van der Waals surface area contributed by atoms with Gasteiger partial charge in [0.25, 0.3) is 0 Å². The summed E-state index contributed by atoms with van der Waals surface area (Å²) in [6.45, 7) is 27.0. The molecular formula is C52H58Cl2Zr-2. The third kappa shape index (κ3) is 11.7. The van der Waals surface area contributed by atoms with Gasteiger partial charge in [-0.15, -0.1) is 28.8 Å². The Morgan fingerprint density at radius 1 is 0.636 bits per heavy atom. The van der Waals surface area contributed by atoms with Crippen molar-refractivity contribution in [3.8, 4) is 33.4 Å². The van der Waals surface area contributed by atoms with Crippen molar-refractivity contribution < 1.29 is 49.0 Å². The molecule has 0 heterocycles. The quantitative estimate of drug-likeness (QED) is 0.159. The van der Waals surface area contributed by atoms with E-state index < -0.39 is 0 Å². The van der Waals surface area contributed by atoms with Crippen LogP contribution in [0, 0.1) is 30.4 Å². The molecule has 3 heteroatoms. The van der Waals surface area contributed by atoms with E-state index in [2.05, 4.69) is 211 Å². The molecule has 0 saturated carbocycles. The summed E-state index contributed by atoms with van der Waals surface area (Å²) in [5, 5.41) is 0. The van der Waals surface area contributed by atoms with Gasteiger partial charge in [0.15, 0.2) is 0 Å². The van der Waals surface area contributed by atoms with Crippen LogP contribution in [0.15, 0.2) is 121 Å². The molecule has 1 unspecified atom stereocenters. The number of hydrogen-bond acceptors (Lipinski definition) is 0. The zero-order valence-electron chi connectivity index (χ0n) is 35.0. The molecule has 1 atom stereocenters. The van der Waals surface area contributed by atoms with Crippen molar-refractivity contribution in [1.29, 1.82) is 0 Å². The van der Waals surface area contributed by atoms with Gasteiger partial charge in [0.2, 0.25) is 0 Å². The Morgan fingerprint density at radius 2 is 1.16 bits per heavy atom. The minimum atomic E-state index is 0. The summed E-state index contributed by atoms with van der Waals surface area (Å²) < 4.78 is 1.46. The minimum Gasteiger partial charge on any atom is -1.00 e. The number of hydrogen-bond donors (Lipinski definition) is 0. The molecule has 7 rings (SSSR count). The van der Waals surface area contributed by atoms with Crippen LogP contribution in [-0.4, -0.2) is 3.21 Å². The maximum Gasteiger partial charge on any atom is -1.00 e. The van der Waals surface area contributed by atoms with Gasteiger partial charge in [0.1, 0.15) is 0 Å². The van der Waals surface area contributed by atoms with Crippen LogP contribution in [0.25, 0.3) is 33.4 Å². The Labute approximate surface area is 361 Å². The summed E-state index contributed by atoms with van der Waals surface area (Å²) in [7, 11) is 0. The molecule has 2 aliphatic rings. The topological polar surface area (TPSA) is 0 Å². The molecule has 2 aliphatic carbocycles. The summed E-state index contributed by atoms with van der Waals surface area (Å²) in [6.07, 6.45) is 8.60. The molecular weight excluding hydrogens is 787 g/mol. The van der Waals surface area contributed by atoms with Crippen molar-refractivity contribution in [1.82, 2.24) is 0 Å². The second kappa shape index (κ2) is 18.9. The second-order valence-corrected chi connectivity index (χ2v) is 19.7. The Balaban J connectivity index is 0.000000303. The first-order valence-corrected chi connectivity index (χ1v) is 20.4. The molecule has 0 aliphatic heterocycles. The molecule has 0 bridgehead atoms. The van der Waals surface area contributed by atoms with E-state index in [0.29, 0.717) is 11.3 Å². The fourth-order valence-corrected chi connectivity index (χ4v) is 7.37. The molecule has 0 aromatic heterocycles. The van der Waals surface area contributed by atoms with E-state index in [1.165, 1.54) is 99.8 Å². The third-order valence-electron chi connectivity index (χ3n) is 10.1. The van der Waals surface area contributed by atoms with E-state index in [1.54, 1.807) is 0 Å². The van der Waals surface area contributed by atoms with E-state index in [4.69, 9.17) is 0 Å². The van der Waals surface area contributed by atoms with Crippen molar-refractivity contribution in [2.45, 2.75) is 100 Å². The molecule has 286 valence electrons. The third-order valence-corrected chi connectivity index (χ3v) is 10.8. The molecule has 5 aromatic carbocycles. The van der Waals surface area contributed by atoms with Crippen LogP contribution in [0.3, 0.4) is 0 Å². The van der Waals surface area contributed by atoms with Gasteiger partial charge in [0, 0.05) is 0 Å². The fourth-order valence-electron chi connectivity index (χ4n) is 6.96. The average molecular weight is 845 g/mol. The van der Waals surface area contributed by atoms with Crippen LogP contribution < -0.4 is 24.8 Å². The zero-order chi connectivity index (χ0) is 38.7. The van der Waals surface area contributed by atoms with Crippen LogP contribution in [0.4, 0.5) is 0 Å². The first kappa shape index (κ1) is 46.3. The van der Waals surface area contributed by atoms with Crippen molar-refractivity contribution in [3.05, 3.63) is 166 Å². The van der Waals surface area contributed by atoms with Crippen molar-refractivity contribution in [3.63, 3.8) is 0 Å². The molecule has 5 aromatic rings. The Hall–Kier alpha value is -3.09. The normalized spacial score (nSPS) is 14.1. The largest absolute Gasteiger partial charge is 1.00 e. The van der Waals surface area contributed by atoms with Crippen LogP contribution in [-0.2, 0) is 41.5 Å². The minimum absolute atomic E-state index is 0. The van der Waals surface area contributed by atoms with Crippen LogP contribution in [0.5, 0.6) is 0 Å². The Morgan fingerprint density at radius 3 is 1.62 bits per heavy atom. The predicted molar refractivity (Wildman–Crippen MR) is 227 cm³/mol. The van der Waals surface area contributed by atoms with Gasteiger partial charge in [-0.2, -0.15) is 11.6 Å². The number of aryl methyl sites for hydroxylation is 1. The van der Waals surface area contributed by atoms with Crippen LogP contribution in [0.1, 0.15) is 110 Å². The maximum absolute atomic E-state index is 3.88. The van der Waals surface area contributed by atoms with Gasteiger partial charge >= 0.3 is 76.7 Å². The molecule has 0 fully saturated rings. The number of halogens is 2. The summed E-state index contributed by atoms with van der Waals surface area (Å²) >= 11 is 1.51. The molecule has 0 N–H and O–H groups in total. The summed E-state index contributed by atoms with van der Waals surface area (Å²) in [6, 6.07) is 41.5. The zero-order valence-corrected chi connectivity index (χ0v) is 39.0. The second-order valence-electron chi connectivity index (χ2n) is 17.9. The van der Waals surface area contributed by atoms with Gasteiger partial charge in [-0.1, -0.05) is 170 Å². The average Bonchev–Trinajstić information content (AvgIpc) is 3.71. The SMILES string of the molecule is CC(C)(C)c1cc2c([c-]c1-c1ccccc1)Cc1cc(-c3ccccc3)c(C(C)(C)C)cc1-2.CC1[C-]=CC(C(C)(C)C)=C1.C[C](=[Zr+2])c1ccc(C)cc1.[Cl-].[Cl-]. The van der Waals surface area contributed by atoms with Crippen molar-refractivity contribution in [2.75, 3.05) is 0 Å².